The highest BCUT2D eigenvalue weighted by atomic mass is 19.1. The number of halogens is 1. The van der Waals surface area contributed by atoms with E-state index in [2.05, 4.69) is 15.5 Å². The Morgan fingerprint density at radius 3 is 2.30 bits per heavy atom. The molecule has 40 heavy (non-hydrogen) atoms. The molecule has 9 heteroatoms. The van der Waals surface area contributed by atoms with E-state index in [9.17, 15) is 18.8 Å². The van der Waals surface area contributed by atoms with Gasteiger partial charge in [0.15, 0.2) is 0 Å². The normalized spacial score (nSPS) is 13.6. The third-order valence-electron chi connectivity index (χ3n) is 6.66. The molecule has 208 valence electrons. The van der Waals surface area contributed by atoms with Crippen LogP contribution in [0.2, 0.25) is 0 Å². The van der Waals surface area contributed by atoms with Crippen LogP contribution in [0.25, 0.3) is 11.3 Å². The number of carbonyl (C=O) groups excluding carboxylic acids is 2. The van der Waals surface area contributed by atoms with E-state index in [0.29, 0.717) is 46.7 Å². The van der Waals surface area contributed by atoms with Crippen molar-refractivity contribution in [1.82, 2.24) is 4.90 Å². The molecule has 3 N–H and O–H groups in total. The van der Waals surface area contributed by atoms with E-state index >= 15 is 0 Å². The number of hydrogen-bond acceptors (Lipinski definition) is 5. The van der Waals surface area contributed by atoms with E-state index in [1.54, 1.807) is 17.9 Å². The lowest BCUT2D eigenvalue weighted by molar-refractivity contribution is -0.137. The smallest absolute Gasteiger partial charge is 0.303 e. The molecule has 3 aromatic carbocycles. The van der Waals surface area contributed by atoms with Crippen LogP contribution in [0.1, 0.15) is 36.5 Å². The van der Waals surface area contributed by atoms with Gasteiger partial charge in [0, 0.05) is 36.8 Å². The molecule has 2 amide bonds. The van der Waals surface area contributed by atoms with Gasteiger partial charge in [-0.3, -0.25) is 14.4 Å². The summed E-state index contributed by atoms with van der Waals surface area (Å²) in [4.78, 5) is 40.2. The van der Waals surface area contributed by atoms with Gasteiger partial charge in [-0.25, -0.2) is 4.39 Å². The Morgan fingerprint density at radius 1 is 0.975 bits per heavy atom. The second-order valence-corrected chi connectivity index (χ2v) is 9.98. The van der Waals surface area contributed by atoms with Crippen molar-refractivity contribution in [3.8, 4) is 0 Å². The van der Waals surface area contributed by atoms with Crippen molar-refractivity contribution >= 4 is 46.1 Å². The van der Waals surface area contributed by atoms with Gasteiger partial charge in [-0.15, -0.1) is 0 Å². The predicted octanol–water partition coefficient (Wildman–Crippen LogP) is 5.08. The lowest BCUT2D eigenvalue weighted by Crippen LogP contribution is -2.31. The highest BCUT2D eigenvalue weighted by Gasteiger charge is 2.29. The summed E-state index contributed by atoms with van der Waals surface area (Å²) in [7, 11) is 3.99. The van der Waals surface area contributed by atoms with Crippen molar-refractivity contribution in [3.05, 3.63) is 89.2 Å². The van der Waals surface area contributed by atoms with Gasteiger partial charge in [0.1, 0.15) is 5.82 Å². The van der Waals surface area contributed by atoms with Gasteiger partial charge in [0.05, 0.1) is 17.0 Å². The molecule has 0 fully saturated rings. The first kappa shape index (κ1) is 28.5. The van der Waals surface area contributed by atoms with Crippen molar-refractivity contribution in [2.24, 2.45) is 0 Å². The van der Waals surface area contributed by atoms with Gasteiger partial charge in [-0.1, -0.05) is 24.3 Å². The molecule has 1 heterocycles. The molecule has 0 atom stereocenters. The molecule has 0 saturated carbocycles. The highest BCUT2D eigenvalue weighted by Crippen LogP contribution is 2.38. The maximum absolute atomic E-state index is 13.9. The maximum Gasteiger partial charge on any atom is 0.303 e. The minimum atomic E-state index is -0.871. The van der Waals surface area contributed by atoms with E-state index in [1.165, 1.54) is 12.1 Å². The number of amides is 2. The second-order valence-electron chi connectivity index (χ2n) is 9.98. The summed E-state index contributed by atoms with van der Waals surface area (Å²) in [6.45, 7) is 3.00. The SMILES string of the molecule is CC(=O)N(CCCN(C)C)c1ccc(N/C(=C2\C(=O)Nc3cc(F)ccc32)c2ccc(CCC(=O)O)cc2)cc1. The number of aryl methyl sites for hydroxylation is 1. The first-order valence-electron chi connectivity index (χ1n) is 13.1. The summed E-state index contributed by atoms with van der Waals surface area (Å²) in [6, 6.07) is 18.9. The van der Waals surface area contributed by atoms with Crippen LogP contribution in [-0.2, 0) is 20.8 Å². The monoisotopic (exact) mass is 544 g/mol. The fourth-order valence-corrected chi connectivity index (χ4v) is 4.64. The molecule has 0 unspecified atom stereocenters. The Bertz CT molecular complexity index is 1430. The van der Waals surface area contributed by atoms with Crippen LogP contribution in [0.3, 0.4) is 0 Å². The fraction of sp³-hybridized carbons (Fsp3) is 0.258. The quantitative estimate of drug-likeness (QED) is 0.291. The third kappa shape index (κ3) is 6.92. The molecular weight excluding hydrogens is 511 g/mol. The van der Waals surface area contributed by atoms with Crippen molar-refractivity contribution in [1.29, 1.82) is 0 Å². The number of carbonyl (C=O) groups is 3. The van der Waals surface area contributed by atoms with Crippen LogP contribution in [0.15, 0.2) is 66.7 Å². The van der Waals surface area contributed by atoms with Crippen LogP contribution >= 0.6 is 0 Å². The average Bonchev–Trinajstić information content (AvgIpc) is 3.23. The lowest BCUT2D eigenvalue weighted by atomic mass is 9.98. The zero-order valence-corrected chi connectivity index (χ0v) is 22.8. The average molecular weight is 545 g/mol. The zero-order valence-electron chi connectivity index (χ0n) is 22.8. The Labute approximate surface area is 233 Å². The largest absolute Gasteiger partial charge is 0.481 e. The lowest BCUT2D eigenvalue weighted by Gasteiger charge is -2.23. The Kier molecular flexibility index (Phi) is 8.96. The van der Waals surface area contributed by atoms with Crippen LogP contribution in [0.4, 0.5) is 21.5 Å². The first-order valence-corrected chi connectivity index (χ1v) is 13.1. The van der Waals surface area contributed by atoms with Crippen molar-refractivity contribution in [2.45, 2.75) is 26.2 Å². The summed E-state index contributed by atoms with van der Waals surface area (Å²) < 4.78 is 13.9. The third-order valence-corrected chi connectivity index (χ3v) is 6.66. The number of rotatable bonds is 11. The molecule has 3 aromatic rings. The van der Waals surface area contributed by atoms with E-state index in [4.69, 9.17) is 5.11 Å². The first-order chi connectivity index (χ1) is 19.1. The summed E-state index contributed by atoms with van der Waals surface area (Å²) in [5, 5.41) is 15.1. The van der Waals surface area contributed by atoms with Gasteiger partial charge in [-0.05, 0) is 87.1 Å². The number of anilines is 3. The zero-order chi connectivity index (χ0) is 28.8. The fourth-order valence-electron chi connectivity index (χ4n) is 4.64. The molecule has 4 rings (SSSR count). The van der Waals surface area contributed by atoms with Crippen molar-refractivity contribution in [2.75, 3.05) is 42.7 Å². The number of fused-ring (bicyclic) bond motifs is 1. The summed E-state index contributed by atoms with van der Waals surface area (Å²) in [5.41, 5.74) is 4.89. The number of nitrogens with one attached hydrogen (secondary N) is 2. The van der Waals surface area contributed by atoms with Crippen molar-refractivity contribution < 1.29 is 23.9 Å². The number of aliphatic carboxylic acids is 1. The molecule has 0 bridgehead atoms. The van der Waals surface area contributed by atoms with Crippen LogP contribution in [-0.4, -0.2) is 55.0 Å². The Balaban J connectivity index is 1.68. The Morgan fingerprint density at radius 2 is 1.68 bits per heavy atom. The highest BCUT2D eigenvalue weighted by molar-refractivity contribution is 6.37. The topological polar surface area (TPSA) is 102 Å². The second kappa shape index (κ2) is 12.6. The predicted molar refractivity (Wildman–Crippen MR) is 156 cm³/mol. The van der Waals surface area contributed by atoms with Crippen LogP contribution in [0.5, 0.6) is 0 Å². The number of nitrogens with zero attached hydrogens (tertiary/aromatic N) is 2. The number of carboxylic acids is 1. The molecule has 1 aliphatic rings. The minimum absolute atomic E-state index is 0.0195. The number of carboxylic acid groups (broad SMARTS) is 1. The van der Waals surface area contributed by atoms with Crippen LogP contribution < -0.4 is 15.5 Å². The number of benzene rings is 3. The van der Waals surface area contributed by atoms with E-state index in [1.807, 2.05) is 62.6 Å². The van der Waals surface area contributed by atoms with Crippen LogP contribution in [0, 0.1) is 5.82 Å². The summed E-state index contributed by atoms with van der Waals surface area (Å²) in [6.07, 6.45) is 1.24. The maximum atomic E-state index is 13.9. The molecule has 1 aliphatic heterocycles. The number of hydrogen-bond donors (Lipinski definition) is 3. The molecule has 0 saturated heterocycles. The molecule has 0 spiro atoms. The Hall–Kier alpha value is -4.50. The summed E-state index contributed by atoms with van der Waals surface area (Å²) in [5.74, 6) is -1.73. The molecule has 0 aliphatic carbocycles. The van der Waals surface area contributed by atoms with Gasteiger partial charge in [-0.2, -0.15) is 0 Å². The van der Waals surface area contributed by atoms with Gasteiger partial charge < -0.3 is 25.5 Å². The van der Waals surface area contributed by atoms with Crippen molar-refractivity contribution in [3.63, 3.8) is 0 Å². The minimum Gasteiger partial charge on any atom is -0.481 e. The molecule has 8 nitrogen and oxygen atoms in total. The summed E-state index contributed by atoms with van der Waals surface area (Å²) >= 11 is 0. The molecular formula is C31H33FN4O4. The van der Waals surface area contributed by atoms with E-state index in [0.717, 1.165) is 24.2 Å². The van der Waals surface area contributed by atoms with E-state index in [-0.39, 0.29) is 18.2 Å². The van der Waals surface area contributed by atoms with E-state index < -0.39 is 11.8 Å². The van der Waals surface area contributed by atoms with Gasteiger partial charge in [0.2, 0.25) is 5.91 Å². The molecule has 0 aromatic heterocycles. The standard InChI is InChI=1S/C31H33FN4O4/c1-20(37)36(18-4-17-35(2)3)25-13-11-24(12-14-25)33-30(22-8-5-21(6-9-22)7-16-28(38)39)29-26-15-10-23(32)19-27(26)34-31(29)40/h5-6,8-15,19,33H,4,7,16-18H2,1-3H3,(H,34,40)(H,38,39)/b30-29-. The van der Waals surface area contributed by atoms with Gasteiger partial charge in [0.25, 0.3) is 5.91 Å². The van der Waals surface area contributed by atoms with Gasteiger partial charge >= 0.3 is 5.97 Å². The molecule has 0 radical (unpaired) electrons.